The molecule has 0 aliphatic carbocycles. The maximum atomic E-state index is 13.3. The van der Waals surface area contributed by atoms with Crippen LogP contribution in [0.5, 0.6) is 5.75 Å². The van der Waals surface area contributed by atoms with Gasteiger partial charge in [0, 0.05) is 30.4 Å². The van der Waals surface area contributed by atoms with Crippen molar-refractivity contribution in [3.05, 3.63) is 59.9 Å². The Kier molecular flexibility index (Phi) is 4.59. The summed E-state index contributed by atoms with van der Waals surface area (Å²) < 4.78 is 13.3. The molecule has 0 amide bonds. The maximum Gasteiger partial charge on any atom is 0.125 e. The van der Waals surface area contributed by atoms with Crippen LogP contribution in [-0.2, 0) is 6.54 Å². The van der Waals surface area contributed by atoms with Crippen molar-refractivity contribution in [3.63, 3.8) is 0 Å². The molecule has 116 valence electrons. The van der Waals surface area contributed by atoms with E-state index < -0.39 is 0 Å². The number of halogens is 1. The van der Waals surface area contributed by atoms with Gasteiger partial charge in [-0.05, 0) is 43.7 Å². The minimum atomic E-state index is -0.216. The molecule has 1 fully saturated rings. The normalized spacial score (nSPS) is 19.0. The molecule has 1 unspecified atom stereocenters. The van der Waals surface area contributed by atoms with Crippen molar-refractivity contribution in [1.82, 2.24) is 4.90 Å². The number of likely N-dealkylation sites (tertiary alicyclic amines) is 1. The summed E-state index contributed by atoms with van der Waals surface area (Å²) in [5, 5.41) is 13.3. The van der Waals surface area contributed by atoms with Gasteiger partial charge in [0.15, 0.2) is 0 Å². The third kappa shape index (κ3) is 3.77. The van der Waals surface area contributed by atoms with Crippen LogP contribution >= 0.6 is 0 Å². The van der Waals surface area contributed by atoms with Gasteiger partial charge >= 0.3 is 0 Å². The minimum Gasteiger partial charge on any atom is -0.508 e. The quantitative estimate of drug-likeness (QED) is 0.905. The molecule has 4 heteroatoms. The molecule has 0 spiro atoms. The highest BCUT2D eigenvalue weighted by atomic mass is 19.1. The first-order chi connectivity index (χ1) is 10.7. The third-order valence-electron chi connectivity index (χ3n) is 4.09. The fraction of sp³-hybridized carbons (Fsp3) is 0.333. The molecule has 22 heavy (non-hydrogen) atoms. The van der Waals surface area contributed by atoms with Gasteiger partial charge in [-0.3, -0.25) is 4.90 Å². The Morgan fingerprint density at radius 2 is 2.05 bits per heavy atom. The van der Waals surface area contributed by atoms with E-state index in [1.807, 2.05) is 24.3 Å². The van der Waals surface area contributed by atoms with E-state index in [4.69, 9.17) is 0 Å². The highest BCUT2D eigenvalue weighted by Gasteiger charge is 2.20. The van der Waals surface area contributed by atoms with Crippen LogP contribution in [0, 0.1) is 5.82 Å². The van der Waals surface area contributed by atoms with Crippen LogP contribution in [0.15, 0.2) is 48.5 Å². The maximum absolute atomic E-state index is 13.3. The average molecular weight is 300 g/mol. The smallest absolute Gasteiger partial charge is 0.125 e. The van der Waals surface area contributed by atoms with Crippen molar-refractivity contribution in [2.24, 2.45) is 0 Å². The summed E-state index contributed by atoms with van der Waals surface area (Å²) in [6.07, 6.45) is 2.17. The molecule has 2 aromatic rings. The molecule has 0 radical (unpaired) electrons. The molecule has 0 bridgehead atoms. The number of anilines is 1. The van der Waals surface area contributed by atoms with Gasteiger partial charge in [0.1, 0.15) is 11.6 Å². The largest absolute Gasteiger partial charge is 0.508 e. The topological polar surface area (TPSA) is 35.5 Å². The van der Waals surface area contributed by atoms with Crippen molar-refractivity contribution >= 4 is 5.69 Å². The molecule has 0 saturated carbocycles. The summed E-state index contributed by atoms with van der Waals surface area (Å²) in [7, 11) is 0. The minimum absolute atomic E-state index is 0.216. The van der Waals surface area contributed by atoms with Crippen LogP contribution in [0.2, 0.25) is 0 Å². The predicted octanol–water partition coefficient (Wildman–Crippen LogP) is 3.61. The lowest BCUT2D eigenvalue weighted by Gasteiger charge is -2.33. The Balaban J connectivity index is 1.61. The Bertz CT molecular complexity index is 632. The van der Waals surface area contributed by atoms with E-state index in [1.54, 1.807) is 12.1 Å². The van der Waals surface area contributed by atoms with E-state index in [0.717, 1.165) is 43.7 Å². The average Bonchev–Trinajstić information content (AvgIpc) is 2.50. The number of aromatic hydroxyl groups is 1. The zero-order valence-electron chi connectivity index (χ0n) is 12.5. The number of nitrogens with one attached hydrogen (secondary N) is 1. The number of rotatable bonds is 4. The third-order valence-corrected chi connectivity index (χ3v) is 4.09. The van der Waals surface area contributed by atoms with Crippen LogP contribution < -0.4 is 5.32 Å². The van der Waals surface area contributed by atoms with Crippen molar-refractivity contribution in [1.29, 1.82) is 0 Å². The first-order valence-electron chi connectivity index (χ1n) is 7.72. The number of hydrogen-bond donors (Lipinski definition) is 2. The summed E-state index contributed by atoms with van der Waals surface area (Å²) in [4.78, 5) is 2.33. The molecule has 1 aliphatic heterocycles. The van der Waals surface area contributed by atoms with E-state index >= 15 is 0 Å². The second kappa shape index (κ2) is 6.79. The van der Waals surface area contributed by atoms with E-state index in [-0.39, 0.29) is 5.82 Å². The van der Waals surface area contributed by atoms with Gasteiger partial charge in [0.05, 0.1) is 0 Å². The van der Waals surface area contributed by atoms with Crippen LogP contribution in [-0.4, -0.2) is 29.1 Å². The SMILES string of the molecule is Oc1ccccc1CN1CCCC(Nc2cccc(F)c2)C1. The first-order valence-corrected chi connectivity index (χ1v) is 7.72. The monoisotopic (exact) mass is 300 g/mol. The molecule has 1 heterocycles. The molecular formula is C18H21FN2O. The summed E-state index contributed by atoms with van der Waals surface area (Å²) in [5.74, 6) is 0.134. The van der Waals surface area contributed by atoms with Crippen molar-refractivity contribution < 1.29 is 9.50 Å². The van der Waals surface area contributed by atoms with E-state index in [0.29, 0.717) is 11.8 Å². The molecule has 2 N–H and O–H groups in total. The number of phenols is 1. The second-order valence-electron chi connectivity index (χ2n) is 5.86. The van der Waals surface area contributed by atoms with Crippen LogP contribution in [0.4, 0.5) is 10.1 Å². The number of para-hydroxylation sites is 1. The Hall–Kier alpha value is -2.07. The number of benzene rings is 2. The molecule has 0 aromatic heterocycles. The van der Waals surface area contributed by atoms with Gasteiger partial charge in [-0.15, -0.1) is 0 Å². The molecular weight excluding hydrogens is 279 g/mol. The molecule has 2 aromatic carbocycles. The molecule has 3 rings (SSSR count). The Morgan fingerprint density at radius 3 is 2.86 bits per heavy atom. The number of hydrogen-bond acceptors (Lipinski definition) is 3. The Morgan fingerprint density at radius 1 is 1.18 bits per heavy atom. The lowest BCUT2D eigenvalue weighted by atomic mass is 10.0. The van der Waals surface area contributed by atoms with Crippen LogP contribution in [0.3, 0.4) is 0 Å². The predicted molar refractivity (Wildman–Crippen MR) is 86.4 cm³/mol. The van der Waals surface area contributed by atoms with Gasteiger partial charge in [-0.1, -0.05) is 24.3 Å². The van der Waals surface area contributed by atoms with Gasteiger partial charge in [0.2, 0.25) is 0 Å². The molecule has 3 nitrogen and oxygen atoms in total. The van der Waals surface area contributed by atoms with Gasteiger partial charge in [-0.2, -0.15) is 0 Å². The molecule has 1 saturated heterocycles. The Labute approximate surface area is 130 Å². The number of nitrogens with zero attached hydrogens (tertiary/aromatic N) is 1. The second-order valence-corrected chi connectivity index (χ2v) is 5.86. The van der Waals surface area contributed by atoms with E-state index in [9.17, 15) is 9.50 Å². The number of piperidine rings is 1. The van der Waals surface area contributed by atoms with Crippen molar-refractivity contribution in [3.8, 4) is 5.75 Å². The van der Waals surface area contributed by atoms with Gasteiger partial charge < -0.3 is 10.4 Å². The fourth-order valence-corrected chi connectivity index (χ4v) is 3.02. The zero-order chi connectivity index (χ0) is 15.4. The highest BCUT2D eigenvalue weighted by molar-refractivity contribution is 5.44. The lowest BCUT2D eigenvalue weighted by molar-refractivity contribution is 0.206. The zero-order valence-corrected chi connectivity index (χ0v) is 12.5. The van der Waals surface area contributed by atoms with Gasteiger partial charge in [-0.25, -0.2) is 4.39 Å². The van der Waals surface area contributed by atoms with Gasteiger partial charge in [0.25, 0.3) is 0 Å². The summed E-state index contributed by atoms with van der Waals surface area (Å²) in [5.41, 5.74) is 1.78. The fourth-order valence-electron chi connectivity index (χ4n) is 3.02. The lowest BCUT2D eigenvalue weighted by Crippen LogP contribution is -2.41. The summed E-state index contributed by atoms with van der Waals surface area (Å²) in [6, 6.07) is 14.4. The van der Waals surface area contributed by atoms with E-state index in [2.05, 4.69) is 10.2 Å². The van der Waals surface area contributed by atoms with Crippen molar-refractivity contribution in [2.45, 2.75) is 25.4 Å². The molecule has 1 aliphatic rings. The van der Waals surface area contributed by atoms with Crippen LogP contribution in [0.1, 0.15) is 18.4 Å². The summed E-state index contributed by atoms with van der Waals surface area (Å²) >= 11 is 0. The van der Waals surface area contributed by atoms with E-state index in [1.165, 1.54) is 12.1 Å². The molecule has 1 atom stereocenters. The first kappa shape index (κ1) is 14.9. The van der Waals surface area contributed by atoms with Crippen molar-refractivity contribution in [2.75, 3.05) is 18.4 Å². The number of phenolic OH excluding ortho intramolecular Hbond substituents is 1. The standard InChI is InChI=1S/C18H21FN2O/c19-15-6-3-7-16(11-15)20-17-8-4-10-21(13-17)12-14-5-1-2-9-18(14)22/h1-3,5-7,9,11,17,20,22H,4,8,10,12-13H2. The summed E-state index contributed by atoms with van der Waals surface area (Å²) in [6.45, 7) is 2.66. The highest BCUT2D eigenvalue weighted by Crippen LogP contribution is 2.22. The van der Waals surface area contributed by atoms with Crippen LogP contribution in [0.25, 0.3) is 0 Å².